The molecule has 9 aromatic heterocycles. The minimum Gasteiger partial charge on any atom is -0.292 e. The highest BCUT2D eigenvalue weighted by Gasteiger charge is 2.24. The lowest BCUT2D eigenvalue weighted by Crippen LogP contribution is -2.02. The molecule has 143 heavy (non-hydrogen) atoms. The molecular formula is C130H81N13. The molecule has 0 aliphatic carbocycles. The van der Waals surface area contributed by atoms with Crippen molar-refractivity contribution in [2.75, 3.05) is 0 Å². The predicted molar refractivity (Wildman–Crippen MR) is 588 cm³/mol. The Kier molecular flexibility index (Phi) is 20.3. The van der Waals surface area contributed by atoms with Gasteiger partial charge in [0.05, 0.1) is 50.2 Å². The van der Waals surface area contributed by atoms with Crippen LogP contribution in [0.1, 0.15) is 0 Å². The Labute approximate surface area is 820 Å². The second-order valence-corrected chi connectivity index (χ2v) is 36.2. The SMILES string of the molecule is c1ccc(-c2cccc(-c3ccc4c(c3)c3cc(-c5ccc6ccccc6c5)ccc3n3c5ccccc5nc43)n2)nc1.c1ccc(-c2nc(-c3ccc4ccccc4c3)nc(-c3ncc(-c4cccc5ccccc45)c4ccccc34)n2)cc1.c1ccc(-c2nnc(-c3ccccc3)n2-c2ccc3cc(-c4ccc5cc(-c6ccc7c8ccccc8n8c9ccccc9nc8c7c6)ccc5c4)ccc3c2)cc1. The first-order valence-electron chi connectivity index (χ1n) is 48.0. The maximum Gasteiger partial charge on any atom is 0.183 e. The summed E-state index contributed by atoms with van der Waals surface area (Å²) in [5.41, 5.74) is 27.2. The van der Waals surface area contributed by atoms with Gasteiger partial charge in [0.1, 0.15) is 17.0 Å². The molecule has 0 aliphatic heterocycles. The standard InChI is InChI=1S/C53H33N5.C39H24N4.C38H24N4/c1-3-11-34(12-4-1)51-55-56-52(35-13-5-2-6-14-35)57(51)44-27-25-41-31-39(23-24-42(41)32-44)36-19-20-38-30-40(22-21-37(38)29-36)43-26-28-45-46-15-7-9-17-49(46)58-50-18-10-8-16-48(50)54-53(58)47(45)33-43;1-2-9-26-22-27(16-15-25(26)8-1)28-18-20-37-32(23-28)31-24-29(33-12-7-13-35(41-33)34-10-5-6-21-40-34)17-19-30(31)39-42-36-11-3-4-14-38(36)43(37)39;1-2-13-27(14-3-1)36-40-37(29-22-21-25-11-4-5-15-28(25)23-29)42-38(41-36)35-33-19-9-8-18-32(33)34(24-39-35)31-20-10-16-26-12-6-7-17-30(26)31/h1-33H;1-24H;1-24H. The normalized spacial score (nSPS) is 11.6. The number of fused-ring (bicyclic) bond motifs is 22. The summed E-state index contributed by atoms with van der Waals surface area (Å²) in [5, 5.41) is 30.4. The number of imidazole rings is 2. The third-order valence-corrected chi connectivity index (χ3v) is 27.7. The van der Waals surface area contributed by atoms with Crippen LogP contribution in [-0.4, -0.2) is 63.4 Å². The van der Waals surface area contributed by atoms with E-state index in [1.54, 1.807) is 6.20 Å². The Morgan fingerprint density at radius 1 is 0.182 bits per heavy atom. The molecule has 0 bridgehead atoms. The summed E-state index contributed by atoms with van der Waals surface area (Å²) in [6.45, 7) is 0. The van der Waals surface area contributed by atoms with Crippen molar-refractivity contribution in [3.63, 3.8) is 0 Å². The molecule has 0 saturated heterocycles. The van der Waals surface area contributed by atoms with Crippen LogP contribution in [0.2, 0.25) is 0 Å². The van der Waals surface area contributed by atoms with Gasteiger partial charge in [-0.15, -0.1) is 10.2 Å². The highest BCUT2D eigenvalue weighted by atomic mass is 15.3. The second-order valence-electron chi connectivity index (χ2n) is 36.2. The molecule has 0 radical (unpaired) electrons. The lowest BCUT2D eigenvalue weighted by atomic mass is 9.95. The first-order chi connectivity index (χ1) is 70.8. The molecule has 9 heterocycles. The van der Waals surface area contributed by atoms with Crippen molar-refractivity contribution in [2.24, 2.45) is 0 Å². The van der Waals surface area contributed by atoms with Crippen LogP contribution >= 0.6 is 0 Å². The number of benzene rings is 20. The van der Waals surface area contributed by atoms with Crippen molar-refractivity contribution in [2.45, 2.75) is 0 Å². The van der Waals surface area contributed by atoms with E-state index in [1.807, 2.05) is 109 Å². The average molecular weight is 1830 g/mol. The third kappa shape index (κ3) is 15.0. The zero-order chi connectivity index (χ0) is 94.4. The summed E-state index contributed by atoms with van der Waals surface area (Å²) in [6.07, 6.45) is 3.76. The molecule has 0 aliphatic rings. The molecule has 0 atom stereocenters. The van der Waals surface area contributed by atoms with E-state index in [1.165, 1.54) is 98.1 Å². The average Bonchev–Trinajstić information content (AvgIpc) is 1.58. The number of nitrogens with zero attached hydrogens (tertiary/aromatic N) is 13. The maximum absolute atomic E-state index is 5.14. The van der Waals surface area contributed by atoms with Gasteiger partial charge in [0, 0.05) is 78.4 Å². The number of pyridine rings is 5. The van der Waals surface area contributed by atoms with Crippen molar-refractivity contribution in [1.82, 2.24) is 63.4 Å². The van der Waals surface area contributed by atoms with Gasteiger partial charge in [-0.3, -0.25) is 23.3 Å². The van der Waals surface area contributed by atoms with Crippen LogP contribution in [0.5, 0.6) is 0 Å². The van der Waals surface area contributed by atoms with Crippen LogP contribution in [0.3, 0.4) is 0 Å². The zero-order valence-corrected chi connectivity index (χ0v) is 77.1. The Balaban J connectivity index is 0.000000109. The molecule has 0 unspecified atom stereocenters. The monoisotopic (exact) mass is 1820 g/mol. The topological polar surface area (TPSA) is 143 Å². The van der Waals surface area contributed by atoms with Crippen molar-refractivity contribution < 1.29 is 0 Å². The lowest BCUT2D eigenvalue weighted by Gasteiger charge is -2.13. The number of hydrogen-bond acceptors (Lipinski definition) is 10. The van der Waals surface area contributed by atoms with E-state index in [0.29, 0.717) is 17.5 Å². The molecule has 0 spiro atoms. The second kappa shape index (κ2) is 34.9. The van der Waals surface area contributed by atoms with Gasteiger partial charge in [-0.1, -0.05) is 352 Å². The van der Waals surface area contributed by atoms with Gasteiger partial charge >= 0.3 is 0 Å². The number of hydrogen-bond donors (Lipinski definition) is 0. The van der Waals surface area contributed by atoms with Crippen molar-refractivity contribution >= 4 is 141 Å². The van der Waals surface area contributed by atoms with E-state index < -0.39 is 0 Å². The van der Waals surface area contributed by atoms with Gasteiger partial charge in [-0.2, -0.15) is 0 Å². The molecule has 29 rings (SSSR count). The summed E-state index contributed by atoms with van der Waals surface area (Å²) < 4.78 is 6.78. The predicted octanol–water partition coefficient (Wildman–Crippen LogP) is 32.5. The van der Waals surface area contributed by atoms with Gasteiger partial charge < -0.3 is 0 Å². The summed E-state index contributed by atoms with van der Waals surface area (Å²) >= 11 is 0. The van der Waals surface area contributed by atoms with E-state index in [-0.39, 0.29) is 0 Å². The maximum atomic E-state index is 5.14. The minimum absolute atomic E-state index is 0.549. The van der Waals surface area contributed by atoms with E-state index in [9.17, 15) is 0 Å². The quantitative estimate of drug-likeness (QED) is 0.108. The highest BCUT2D eigenvalue weighted by Crippen LogP contribution is 2.44. The fourth-order valence-electron chi connectivity index (χ4n) is 20.7. The van der Waals surface area contributed by atoms with Crippen LogP contribution < -0.4 is 0 Å². The van der Waals surface area contributed by atoms with Gasteiger partial charge in [-0.25, -0.2) is 29.9 Å². The molecule has 13 nitrogen and oxygen atoms in total. The summed E-state index contributed by atoms with van der Waals surface area (Å²) in [4.78, 5) is 39.7. The summed E-state index contributed by atoms with van der Waals surface area (Å²) in [7, 11) is 0. The number of aromatic nitrogens is 13. The molecule has 0 N–H and O–H groups in total. The van der Waals surface area contributed by atoms with Crippen LogP contribution in [0, 0.1) is 0 Å². The summed E-state index contributed by atoms with van der Waals surface area (Å²) in [5.74, 6) is 3.41. The fraction of sp³-hybridized carbons (Fsp3) is 0. The largest absolute Gasteiger partial charge is 0.292 e. The summed E-state index contributed by atoms with van der Waals surface area (Å²) in [6, 6.07) is 168. The molecule has 666 valence electrons. The molecular weight excluding hydrogens is 1740 g/mol. The van der Waals surface area contributed by atoms with E-state index in [2.05, 4.69) is 405 Å². The minimum atomic E-state index is 0.549. The molecule has 20 aromatic carbocycles. The van der Waals surface area contributed by atoms with Crippen molar-refractivity contribution in [3.05, 3.63) is 492 Å². The third-order valence-electron chi connectivity index (χ3n) is 27.7. The van der Waals surface area contributed by atoms with Crippen molar-refractivity contribution in [1.29, 1.82) is 0 Å². The Hall–Kier alpha value is -19.5. The molecule has 0 amide bonds. The molecule has 29 aromatic rings. The van der Waals surface area contributed by atoms with Crippen LogP contribution in [0.4, 0.5) is 0 Å². The van der Waals surface area contributed by atoms with Gasteiger partial charge in [0.25, 0.3) is 0 Å². The van der Waals surface area contributed by atoms with Gasteiger partial charge in [-0.05, 0) is 236 Å². The van der Waals surface area contributed by atoms with Crippen LogP contribution in [0.15, 0.2) is 492 Å². The Morgan fingerprint density at radius 3 is 1.24 bits per heavy atom. The first-order valence-corrected chi connectivity index (χ1v) is 48.0. The molecule has 13 heteroatoms. The lowest BCUT2D eigenvalue weighted by molar-refractivity contribution is 1.06. The van der Waals surface area contributed by atoms with Gasteiger partial charge in [0.2, 0.25) is 0 Å². The van der Waals surface area contributed by atoms with Gasteiger partial charge in [0.15, 0.2) is 29.1 Å². The van der Waals surface area contributed by atoms with Crippen LogP contribution in [0.25, 0.3) is 271 Å². The van der Waals surface area contributed by atoms with Crippen LogP contribution in [-0.2, 0) is 0 Å². The Bertz CT molecular complexity index is 10100. The van der Waals surface area contributed by atoms with Crippen molar-refractivity contribution in [3.8, 4) is 130 Å². The highest BCUT2D eigenvalue weighted by molar-refractivity contribution is 6.18. The number of para-hydroxylation sites is 5. The van der Waals surface area contributed by atoms with E-state index >= 15 is 0 Å². The smallest absolute Gasteiger partial charge is 0.183 e. The van der Waals surface area contributed by atoms with E-state index in [4.69, 9.17) is 34.9 Å². The first kappa shape index (κ1) is 82.9. The Morgan fingerprint density at radius 2 is 0.601 bits per heavy atom. The molecule has 0 fully saturated rings. The molecule has 0 saturated carbocycles. The fourth-order valence-corrected chi connectivity index (χ4v) is 20.7. The zero-order valence-electron chi connectivity index (χ0n) is 77.1. The number of rotatable bonds is 12. The van der Waals surface area contributed by atoms with E-state index in [0.717, 1.165) is 156 Å².